The summed E-state index contributed by atoms with van der Waals surface area (Å²) in [5, 5.41) is 0.386. The summed E-state index contributed by atoms with van der Waals surface area (Å²) in [7, 11) is -3.47. The zero-order valence-electron chi connectivity index (χ0n) is 14.9. The molecule has 0 bridgehead atoms. The summed E-state index contributed by atoms with van der Waals surface area (Å²) < 4.78 is 36.7. The van der Waals surface area contributed by atoms with E-state index in [-0.39, 0.29) is 16.6 Å². The number of piperidine rings is 1. The molecule has 6 nitrogen and oxygen atoms in total. The van der Waals surface area contributed by atoms with Gasteiger partial charge < -0.3 is 14.4 Å². The van der Waals surface area contributed by atoms with Gasteiger partial charge in [0.2, 0.25) is 0 Å². The number of rotatable bonds is 1. The third kappa shape index (κ3) is 2.98. The molecule has 0 unspecified atom stereocenters. The molecule has 0 saturated carbocycles. The molecule has 0 N–H and O–H groups in total. The molecule has 0 atom stereocenters. The molecule has 5 rings (SSSR count). The first-order valence-corrected chi connectivity index (χ1v) is 11.9. The maximum Gasteiger partial charge on any atom is 0.263 e. The SMILES string of the molecule is O=C(c1cc2c(s1)-c1ccc(Cl)cc1S(=O)(=O)C2)N1CCC2(CC1)OCCO2. The van der Waals surface area contributed by atoms with Gasteiger partial charge in [-0.2, -0.15) is 0 Å². The van der Waals surface area contributed by atoms with Gasteiger partial charge in [-0.05, 0) is 23.8 Å². The van der Waals surface area contributed by atoms with Crippen LogP contribution in [0.1, 0.15) is 28.1 Å². The van der Waals surface area contributed by atoms with E-state index in [2.05, 4.69) is 0 Å². The van der Waals surface area contributed by atoms with Crippen LogP contribution in [0.4, 0.5) is 0 Å². The number of halogens is 1. The zero-order chi connectivity index (χ0) is 19.5. The molecule has 9 heteroatoms. The van der Waals surface area contributed by atoms with Gasteiger partial charge in [0, 0.05) is 41.4 Å². The largest absolute Gasteiger partial charge is 0.347 e. The highest BCUT2D eigenvalue weighted by Gasteiger charge is 2.41. The van der Waals surface area contributed by atoms with E-state index >= 15 is 0 Å². The Hall–Kier alpha value is -1.45. The number of thiophene rings is 1. The molecule has 2 fully saturated rings. The van der Waals surface area contributed by atoms with Crippen LogP contribution in [0.3, 0.4) is 0 Å². The Bertz CT molecular complexity index is 1060. The molecular formula is C19H18ClNO5S2. The highest BCUT2D eigenvalue weighted by atomic mass is 35.5. The molecule has 2 saturated heterocycles. The van der Waals surface area contributed by atoms with Crippen LogP contribution in [0.5, 0.6) is 0 Å². The van der Waals surface area contributed by atoms with Gasteiger partial charge in [-0.1, -0.05) is 17.7 Å². The van der Waals surface area contributed by atoms with Gasteiger partial charge in [-0.3, -0.25) is 4.79 Å². The van der Waals surface area contributed by atoms with Crippen LogP contribution in [0.2, 0.25) is 5.02 Å². The lowest BCUT2D eigenvalue weighted by atomic mass is 10.0. The van der Waals surface area contributed by atoms with Crippen molar-refractivity contribution in [3.63, 3.8) is 0 Å². The number of hydrogen-bond acceptors (Lipinski definition) is 6. The molecule has 3 aliphatic heterocycles. The Labute approximate surface area is 171 Å². The van der Waals surface area contributed by atoms with Gasteiger partial charge >= 0.3 is 0 Å². The number of benzene rings is 1. The number of fused-ring (bicyclic) bond motifs is 3. The summed E-state index contributed by atoms with van der Waals surface area (Å²) in [6.45, 7) is 2.32. The number of ether oxygens (including phenoxy) is 2. The van der Waals surface area contributed by atoms with Crippen LogP contribution in [-0.2, 0) is 25.1 Å². The summed E-state index contributed by atoms with van der Waals surface area (Å²) >= 11 is 7.35. The number of carbonyl (C=O) groups is 1. The fraction of sp³-hybridized carbons (Fsp3) is 0.421. The number of sulfone groups is 1. The minimum Gasteiger partial charge on any atom is -0.347 e. The Morgan fingerprint density at radius 2 is 1.86 bits per heavy atom. The first-order chi connectivity index (χ1) is 13.4. The van der Waals surface area contributed by atoms with Gasteiger partial charge in [0.25, 0.3) is 5.91 Å². The molecule has 148 valence electrons. The summed E-state index contributed by atoms with van der Waals surface area (Å²) in [6.07, 6.45) is 1.30. The minimum absolute atomic E-state index is 0.0693. The van der Waals surface area contributed by atoms with Crippen molar-refractivity contribution in [2.24, 2.45) is 0 Å². The number of hydrogen-bond donors (Lipinski definition) is 0. The van der Waals surface area contributed by atoms with Gasteiger partial charge in [0.05, 0.1) is 28.7 Å². The van der Waals surface area contributed by atoms with Crippen molar-refractivity contribution in [1.82, 2.24) is 4.90 Å². The van der Waals surface area contributed by atoms with Gasteiger partial charge in [-0.25, -0.2) is 8.42 Å². The number of likely N-dealkylation sites (tertiary alicyclic amines) is 1. The van der Waals surface area contributed by atoms with Crippen molar-refractivity contribution < 1.29 is 22.7 Å². The number of carbonyl (C=O) groups excluding carboxylic acids is 1. The second-order valence-corrected chi connectivity index (χ2v) is 10.7. The van der Waals surface area contributed by atoms with E-state index in [9.17, 15) is 13.2 Å². The molecule has 3 aliphatic rings. The molecule has 1 amide bonds. The topological polar surface area (TPSA) is 72.9 Å². The minimum atomic E-state index is -3.47. The Morgan fingerprint density at radius 1 is 1.14 bits per heavy atom. The maximum atomic E-state index is 13.0. The van der Waals surface area contributed by atoms with Crippen LogP contribution in [0.15, 0.2) is 29.2 Å². The van der Waals surface area contributed by atoms with E-state index in [0.717, 1.165) is 4.88 Å². The second-order valence-electron chi connectivity index (χ2n) is 7.26. The predicted molar refractivity (Wildman–Crippen MR) is 105 cm³/mol. The average molecular weight is 440 g/mol. The van der Waals surface area contributed by atoms with E-state index < -0.39 is 15.6 Å². The lowest BCUT2D eigenvalue weighted by Crippen LogP contribution is -2.47. The van der Waals surface area contributed by atoms with Crippen molar-refractivity contribution in [2.75, 3.05) is 26.3 Å². The molecule has 28 heavy (non-hydrogen) atoms. The van der Waals surface area contributed by atoms with Gasteiger partial charge in [0.15, 0.2) is 15.6 Å². The fourth-order valence-electron chi connectivity index (χ4n) is 4.08. The molecule has 1 aromatic heterocycles. The standard InChI is InChI=1S/C19H18ClNO5S2/c20-13-1-2-14-16(10-13)28(23,24)11-12-9-15(27-17(12)14)18(22)21-5-3-19(4-6-21)25-7-8-26-19/h1-2,9-10H,3-8,11H2. The van der Waals surface area contributed by atoms with Crippen LogP contribution >= 0.6 is 22.9 Å². The summed E-state index contributed by atoms with van der Waals surface area (Å²) in [6, 6.07) is 6.61. The van der Waals surface area contributed by atoms with E-state index in [1.165, 1.54) is 17.4 Å². The Kier molecular flexibility index (Phi) is 4.33. The van der Waals surface area contributed by atoms with Crippen molar-refractivity contribution in [2.45, 2.75) is 29.3 Å². The monoisotopic (exact) mass is 439 g/mol. The zero-order valence-corrected chi connectivity index (χ0v) is 17.3. The molecule has 0 aliphatic carbocycles. The fourth-order valence-corrected chi connectivity index (χ4v) is 7.27. The van der Waals surface area contributed by atoms with E-state index in [0.29, 0.717) is 60.2 Å². The number of amides is 1. The van der Waals surface area contributed by atoms with Gasteiger partial charge in [0.1, 0.15) is 0 Å². The molecule has 0 radical (unpaired) electrons. The first-order valence-electron chi connectivity index (χ1n) is 9.10. The summed E-state index contributed by atoms with van der Waals surface area (Å²) in [4.78, 5) is 16.5. The van der Waals surface area contributed by atoms with Gasteiger partial charge in [-0.15, -0.1) is 11.3 Å². The van der Waals surface area contributed by atoms with Crippen LogP contribution in [0.25, 0.3) is 10.4 Å². The highest BCUT2D eigenvalue weighted by molar-refractivity contribution is 7.91. The third-order valence-electron chi connectivity index (χ3n) is 5.51. The van der Waals surface area contributed by atoms with E-state index in [1.807, 2.05) is 0 Å². The predicted octanol–water partition coefficient (Wildman–Crippen LogP) is 3.33. The van der Waals surface area contributed by atoms with E-state index in [4.69, 9.17) is 21.1 Å². The third-order valence-corrected chi connectivity index (χ3v) is 8.65. The van der Waals surface area contributed by atoms with Crippen molar-refractivity contribution in [3.8, 4) is 10.4 Å². The lowest BCUT2D eigenvalue weighted by Gasteiger charge is -2.37. The summed E-state index contributed by atoms with van der Waals surface area (Å²) in [5.41, 5.74) is 1.30. The van der Waals surface area contributed by atoms with E-state index in [1.54, 1.807) is 23.1 Å². The Morgan fingerprint density at radius 3 is 2.57 bits per heavy atom. The molecule has 2 aromatic rings. The van der Waals surface area contributed by atoms with Crippen LogP contribution in [0, 0.1) is 0 Å². The normalized spacial score (nSPS) is 22.1. The maximum absolute atomic E-state index is 13.0. The average Bonchev–Trinajstić information content (AvgIpc) is 3.29. The smallest absolute Gasteiger partial charge is 0.263 e. The number of nitrogens with zero attached hydrogens (tertiary/aromatic N) is 1. The molecular weight excluding hydrogens is 422 g/mol. The van der Waals surface area contributed by atoms with Crippen molar-refractivity contribution in [3.05, 3.63) is 39.7 Å². The van der Waals surface area contributed by atoms with Crippen LogP contribution in [-0.4, -0.2) is 51.3 Å². The quantitative estimate of drug-likeness (QED) is 0.681. The first kappa shape index (κ1) is 18.6. The van der Waals surface area contributed by atoms with Crippen molar-refractivity contribution in [1.29, 1.82) is 0 Å². The van der Waals surface area contributed by atoms with Crippen LogP contribution < -0.4 is 0 Å². The molecule has 4 heterocycles. The second kappa shape index (κ2) is 6.53. The lowest BCUT2D eigenvalue weighted by molar-refractivity contribution is -0.181. The molecule has 1 spiro atoms. The Balaban J connectivity index is 1.43. The van der Waals surface area contributed by atoms with Crippen molar-refractivity contribution >= 4 is 38.7 Å². The highest BCUT2D eigenvalue weighted by Crippen LogP contribution is 2.44. The summed E-state index contributed by atoms with van der Waals surface area (Å²) in [5.74, 6) is -0.706. The molecule has 1 aromatic carbocycles.